The highest BCUT2D eigenvalue weighted by Gasteiger charge is 2.66. The highest BCUT2D eigenvalue weighted by Crippen LogP contribution is 2.63. The second kappa shape index (κ2) is 2.87. The number of piperidine rings is 1. The lowest BCUT2D eigenvalue weighted by Crippen LogP contribution is -2.51. The van der Waals surface area contributed by atoms with Gasteiger partial charge in [-0.2, -0.15) is 8.78 Å². The standard InChI is InChI=1S/C13H19F2N/c1-12(2,3)13-5-8-4-10(8)16(13)7-9(6-13)11(14)15/h8,10H,4-7H2,1-3H3. The van der Waals surface area contributed by atoms with Crippen LogP contribution in [0, 0.1) is 11.3 Å². The van der Waals surface area contributed by atoms with Gasteiger partial charge in [0.2, 0.25) is 0 Å². The molecule has 0 amide bonds. The van der Waals surface area contributed by atoms with Gasteiger partial charge in [-0.3, -0.25) is 4.90 Å². The van der Waals surface area contributed by atoms with Gasteiger partial charge in [0.15, 0.2) is 0 Å². The van der Waals surface area contributed by atoms with Gasteiger partial charge in [-0.05, 0) is 30.6 Å². The highest BCUT2D eigenvalue weighted by molar-refractivity contribution is 5.29. The molecule has 0 aromatic heterocycles. The number of fused-ring (bicyclic) bond motifs is 3. The molecule has 0 aromatic rings. The second-order valence-corrected chi connectivity index (χ2v) is 6.72. The van der Waals surface area contributed by atoms with Crippen LogP contribution in [0.3, 0.4) is 0 Å². The number of halogens is 2. The van der Waals surface area contributed by atoms with E-state index in [2.05, 4.69) is 25.7 Å². The average Bonchev–Trinajstić information content (AvgIpc) is 2.67. The molecule has 2 aliphatic heterocycles. The van der Waals surface area contributed by atoms with Gasteiger partial charge in [-0.1, -0.05) is 20.8 Å². The minimum Gasteiger partial charge on any atom is -0.289 e. The molecule has 3 aliphatic rings. The minimum absolute atomic E-state index is 0.0132. The van der Waals surface area contributed by atoms with Gasteiger partial charge in [0.1, 0.15) is 0 Å². The van der Waals surface area contributed by atoms with Crippen LogP contribution in [0.5, 0.6) is 0 Å². The predicted molar refractivity (Wildman–Crippen MR) is 59.3 cm³/mol. The summed E-state index contributed by atoms with van der Waals surface area (Å²) in [5.41, 5.74) is 0.497. The molecule has 16 heavy (non-hydrogen) atoms. The van der Waals surface area contributed by atoms with Crippen LogP contribution < -0.4 is 0 Å². The quantitative estimate of drug-likeness (QED) is 0.613. The fourth-order valence-corrected chi connectivity index (χ4v) is 3.89. The van der Waals surface area contributed by atoms with Crippen LogP contribution in [-0.4, -0.2) is 23.0 Å². The Morgan fingerprint density at radius 3 is 2.56 bits per heavy atom. The van der Waals surface area contributed by atoms with Crippen LogP contribution in [0.1, 0.15) is 40.0 Å². The molecular weight excluding hydrogens is 208 g/mol. The number of rotatable bonds is 0. The van der Waals surface area contributed by atoms with Crippen molar-refractivity contribution in [1.82, 2.24) is 4.90 Å². The lowest BCUT2D eigenvalue weighted by Gasteiger charge is -2.45. The Balaban J connectivity index is 2.00. The molecule has 1 saturated carbocycles. The molecule has 1 nitrogen and oxygen atoms in total. The summed E-state index contributed by atoms with van der Waals surface area (Å²) in [5.74, 6) is 0.795. The van der Waals surface area contributed by atoms with Crippen molar-refractivity contribution in [3.63, 3.8) is 0 Å². The number of hydrogen-bond acceptors (Lipinski definition) is 1. The van der Waals surface area contributed by atoms with Crippen molar-refractivity contribution in [3.8, 4) is 0 Å². The Hall–Kier alpha value is -0.440. The van der Waals surface area contributed by atoms with Gasteiger partial charge < -0.3 is 0 Å². The van der Waals surface area contributed by atoms with Gasteiger partial charge in [0, 0.05) is 23.7 Å². The molecule has 2 saturated heterocycles. The SMILES string of the molecule is CC(C)(C)C12CC(=C(F)F)CN1C1CC1C2. The Morgan fingerprint density at radius 2 is 2.06 bits per heavy atom. The Bertz CT molecular complexity index is 365. The van der Waals surface area contributed by atoms with E-state index >= 15 is 0 Å². The normalized spacial score (nSPS) is 42.2. The summed E-state index contributed by atoms with van der Waals surface area (Å²) < 4.78 is 25.6. The summed E-state index contributed by atoms with van der Waals surface area (Å²) >= 11 is 0. The molecule has 90 valence electrons. The maximum absolute atomic E-state index is 12.8. The molecule has 3 fully saturated rings. The van der Waals surface area contributed by atoms with E-state index in [0.29, 0.717) is 24.6 Å². The maximum atomic E-state index is 12.8. The zero-order valence-electron chi connectivity index (χ0n) is 10.2. The van der Waals surface area contributed by atoms with Crippen LogP contribution in [0.2, 0.25) is 0 Å². The highest BCUT2D eigenvalue weighted by atomic mass is 19.3. The summed E-state index contributed by atoms with van der Waals surface area (Å²) in [5, 5.41) is 0. The molecular formula is C13H19F2N. The molecule has 0 radical (unpaired) electrons. The van der Waals surface area contributed by atoms with Crippen molar-refractivity contribution in [2.75, 3.05) is 6.54 Å². The third kappa shape index (κ3) is 1.18. The molecule has 0 spiro atoms. The molecule has 3 unspecified atom stereocenters. The Morgan fingerprint density at radius 1 is 1.38 bits per heavy atom. The fourth-order valence-electron chi connectivity index (χ4n) is 3.89. The molecule has 0 aromatic carbocycles. The average molecular weight is 227 g/mol. The van der Waals surface area contributed by atoms with Gasteiger partial charge in [-0.25, -0.2) is 0 Å². The molecule has 0 N–H and O–H groups in total. The van der Waals surface area contributed by atoms with Crippen LogP contribution in [0.25, 0.3) is 0 Å². The molecule has 1 aliphatic carbocycles. The lowest BCUT2D eigenvalue weighted by atomic mass is 9.70. The first-order chi connectivity index (χ1) is 7.35. The molecule has 3 heteroatoms. The zero-order valence-corrected chi connectivity index (χ0v) is 10.2. The van der Waals surface area contributed by atoms with Gasteiger partial charge in [-0.15, -0.1) is 0 Å². The van der Waals surface area contributed by atoms with Crippen molar-refractivity contribution in [1.29, 1.82) is 0 Å². The third-order valence-corrected chi connectivity index (χ3v) is 4.97. The Kier molecular flexibility index (Phi) is 1.92. The summed E-state index contributed by atoms with van der Waals surface area (Å²) in [6, 6.07) is 0.607. The Labute approximate surface area is 95.5 Å². The molecule has 3 rings (SSSR count). The first-order valence-corrected chi connectivity index (χ1v) is 6.15. The maximum Gasteiger partial charge on any atom is 0.270 e. The van der Waals surface area contributed by atoms with Crippen LogP contribution in [0.4, 0.5) is 8.78 Å². The van der Waals surface area contributed by atoms with E-state index in [0.717, 1.165) is 12.3 Å². The third-order valence-electron chi connectivity index (χ3n) is 4.97. The van der Waals surface area contributed by atoms with E-state index in [9.17, 15) is 8.78 Å². The van der Waals surface area contributed by atoms with Crippen molar-refractivity contribution in [2.24, 2.45) is 11.3 Å². The zero-order chi connectivity index (χ0) is 11.7. The van der Waals surface area contributed by atoms with E-state index in [4.69, 9.17) is 0 Å². The molecule has 2 heterocycles. The van der Waals surface area contributed by atoms with Crippen molar-refractivity contribution in [3.05, 3.63) is 11.7 Å². The van der Waals surface area contributed by atoms with E-state index in [1.165, 1.54) is 6.42 Å². The van der Waals surface area contributed by atoms with Gasteiger partial charge in [0.25, 0.3) is 6.08 Å². The minimum atomic E-state index is -1.43. The van der Waals surface area contributed by atoms with E-state index in [1.807, 2.05) is 0 Å². The van der Waals surface area contributed by atoms with E-state index < -0.39 is 6.08 Å². The predicted octanol–water partition coefficient (Wildman–Crippen LogP) is 3.42. The van der Waals surface area contributed by atoms with Crippen molar-refractivity contribution < 1.29 is 8.78 Å². The largest absolute Gasteiger partial charge is 0.289 e. The summed E-state index contributed by atoms with van der Waals surface area (Å²) in [6.45, 7) is 7.11. The van der Waals surface area contributed by atoms with Crippen LogP contribution in [-0.2, 0) is 0 Å². The first kappa shape index (κ1) is 10.7. The monoisotopic (exact) mass is 227 g/mol. The summed E-state index contributed by atoms with van der Waals surface area (Å²) in [7, 11) is 0. The van der Waals surface area contributed by atoms with Gasteiger partial charge >= 0.3 is 0 Å². The first-order valence-electron chi connectivity index (χ1n) is 6.15. The van der Waals surface area contributed by atoms with Crippen LogP contribution in [0.15, 0.2) is 11.7 Å². The smallest absolute Gasteiger partial charge is 0.270 e. The number of hydrogen-bond donors (Lipinski definition) is 0. The van der Waals surface area contributed by atoms with Gasteiger partial charge in [0.05, 0.1) is 0 Å². The van der Waals surface area contributed by atoms with Crippen LogP contribution >= 0.6 is 0 Å². The summed E-state index contributed by atoms with van der Waals surface area (Å²) in [6.07, 6.45) is 1.51. The van der Waals surface area contributed by atoms with Crippen molar-refractivity contribution in [2.45, 2.75) is 51.6 Å². The topological polar surface area (TPSA) is 3.24 Å². The van der Waals surface area contributed by atoms with E-state index in [-0.39, 0.29) is 11.0 Å². The number of nitrogens with zero attached hydrogens (tertiary/aromatic N) is 1. The lowest BCUT2D eigenvalue weighted by molar-refractivity contribution is 0.0425. The fraction of sp³-hybridized carbons (Fsp3) is 0.846. The molecule has 0 bridgehead atoms. The summed E-state index contributed by atoms with van der Waals surface area (Å²) in [4.78, 5) is 2.38. The molecule has 3 atom stereocenters. The van der Waals surface area contributed by atoms with E-state index in [1.54, 1.807) is 0 Å². The second-order valence-electron chi connectivity index (χ2n) is 6.72. The van der Waals surface area contributed by atoms with Crippen molar-refractivity contribution >= 4 is 0 Å².